The summed E-state index contributed by atoms with van der Waals surface area (Å²) in [6.45, 7) is 0.787. The topological polar surface area (TPSA) is 54.1 Å². The van der Waals surface area contributed by atoms with Crippen LogP contribution < -0.4 is 10.1 Å². The van der Waals surface area contributed by atoms with Crippen LogP contribution in [0, 0.1) is 0 Å². The van der Waals surface area contributed by atoms with E-state index < -0.39 is 0 Å². The van der Waals surface area contributed by atoms with Gasteiger partial charge < -0.3 is 15.0 Å². The molecule has 1 aromatic heterocycles. The van der Waals surface area contributed by atoms with Gasteiger partial charge in [-0.05, 0) is 35.4 Å². The van der Waals surface area contributed by atoms with E-state index in [1.807, 2.05) is 79.0 Å². The van der Waals surface area contributed by atoms with Gasteiger partial charge in [-0.25, -0.2) is 0 Å². The van der Waals surface area contributed by atoms with Crippen molar-refractivity contribution in [1.29, 1.82) is 0 Å². The lowest BCUT2D eigenvalue weighted by atomic mass is 9.90. The highest BCUT2D eigenvalue weighted by atomic mass is 35.5. The standard InChI is InChI=1S/C25H23ClN2O2/c26-23-12-6-4-10-19(23)21(22-16-27-24-13-7-5-11-20(22)24)17-28-25(29)14-15-30-18-8-2-1-3-9-18/h1-13,16,21,27H,14-15,17H2,(H,28,29)/t21-/m0/s1. The van der Waals surface area contributed by atoms with Gasteiger partial charge in [0.1, 0.15) is 5.75 Å². The Morgan fingerprint density at radius 3 is 2.50 bits per heavy atom. The van der Waals surface area contributed by atoms with E-state index in [-0.39, 0.29) is 18.2 Å². The molecule has 0 fully saturated rings. The average Bonchev–Trinajstić information content (AvgIpc) is 3.20. The van der Waals surface area contributed by atoms with Gasteiger partial charge >= 0.3 is 0 Å². The van der Waals surface area contributed by atoms with Crippen molar-refractivity contribution in [2.45, 2.75) is 12.3 Å². The molecule has 4 aromatic rings. The van der Waals surface area contributed by atoms with Gasteiger partial charge in [0.2, 0.25) is 5.91 Å². The Balaban J connectivity index is 1.47. The maximum absolute atomic E-state index is 12.5. The van der Waals surface area contributed by atoms with Crippen molar-refractivity contribution in [3.05, 3.63) is 101 Å². The summed E-state index contributed by atoms with van der Waals surface area (Å²) in [6, 6.07) is 25.4. The fraction of sp³-hybridized carbons (Fsp3) is 0.160. The van der Waals surface area contributed by atoms with Crippen LogP contribution in [0.2, 0.25) is 5.02 Å². The molecule has 0 radical (unpaired) electrons. The van der Waals surface area contributed by atoms with Crippen molar-refractivity contribution in [2.75, 3.05) is 13.2 Å². The number of hydrogen-bond donors (Lipinski definition) is 2. The van der Waals surface area contributed by atoms with E-state index in [1.54, 1.807) is 0 Å². The number of H-pyrrole nitrogens is 1. The Labute approximate surface area is 180 Å². The van der Waals surface area contributed by atoms with E-state index in [2.05, 4.69) is 16.4 Å². The number of para-hydroxylation sites is 2. The van der Waals surface area contributed by atoms with Crippen molar-refractivity contribution in [3.63, 3.8) is 0 Å². The van der Waals surface area contributed by atoms with Gasteiger partial charge in [0, 0.05) is 34.6 Å². The molecule has 152 valence electrons. The highest BCUT2D eigenvalue weighted by Crippen LogP contribution is 2.34. The molecule has 0 unspecified atom stereocenters. The molecule has 0 saturated carbocycles. The molecule has 1 amide bonds. The molecule has 0 saturated heterocycles. The maximum Gasteiger partial charge on any atom is 0.223 e. The fourth-order valence-corrected chi connectivity index (χ4v) is 3.88. The second-order valence-corrected chi connectivity index (χ2v) is 7.49. The second kappa shape index (κ2) is 9.51. The van der Waals surface area contributed by atoms with E-state index in [0.29, 0.717) is 18.2 Å². The van der Waals surface area contributed by atoms with Crippen LogP contribution in [-0.2, 0) is 4.79 Å². The number of ether oxygens (including phenoxy) is 1. The predicted octanol–water partition coefficient (Wildman–Crippen LogP) is 5.54. The number of carbonyl (C=O) groups is 1. The van der Waals surface area contributed by atoms with E-state index in [1.165, 1.54) is 0 Å². The number of benzene rings is 3. The molecule has 0 spiro atoms. The summed E-state index contributed by atoms with van der Waals surface area (Å²) >= 11 is 6.51. The van der Waals surface area contributed by atoms with E-state index in [4.69, 9.17) is 16.3 Å². The first-order valence-electron chi connectivity index (χ1n) is 9.97. The molecule has 0 aliphatic heterocycles. The first-order chi connectivity index (χ1) is 14.7. The SMILES string of the molecule is O=C(CCOc1ccccc1)NC[C@@H](c1ccccc1Cl)c1c[nH]c2ccccc12. The number of aromatic nitrogens is 1. The zero-order valence-corrected chi connectivity index (χ0v) is 17.2. The van der Waals surface area contributed by atoms with Crippen LogP contribution in [0.5, 0.6) is 5.75 Å². The molecule has 4 nitrogen and oxygen atoms in total. The minimum Gasteiger partial charge on any atom is -0.493 e. The summed E-state index contributed by atoms with van der Waals surface area (Å²) in [5.41, 5.74) is 3.16. The highest BCUT2D eigenvalue weighted by molar-refractivity contribution is 6.31. The zero-order valence-electron chi connectivity index (χ0n) is 16.5. The zero-order chi connectivity index (χ0) is 20.8. The lowest BCUT2D eigenvalue weighted by molar-refractivity contribution is -0.121. The number of rotatable bonds is 8. The molecule has 4 rings (SSSR count). The normalized spacial score (nSPS) is 11.9. The summed E-state index contributed by atoms with van der Waals surface area (Å²) in [6.07, 6.45) is 2.29. The smallest absolute Gasteiger partial charge is 0.223 e. The molecule has 30 heavy (non-hydrogen) atoms. The fourth-order valence-electron chi connectivity index (χ4n) is 3.61. The van der Waals surface area contributed by atoms with E-state index in [0.717, 1.165) is 27.8 Å². The van der Waals surface area contributed by atoms with Gasteiger partial charge in [0.25, 0.3) is 0 Å². The van der Waals surface area contributed by atoms with Crippen LogP contribution in [-0.4, -0.2) is 24.0 Å². The van der Waals surface area contributed by atoms with Gasteiger partial charge in [-0.15, -0.1) is 0 Å². The highest BCUT2D eigenvalue weighted by Gasteiger charge is 2.21. The largest absolute Gasteiger partial charge is 0.493 e. The van der Waals surface area contributed by atoms with Crippen LogP contribution in [0.4, 0.5) is 0 Å². The van der Waals surface area contributed by atoms with Crippen molar-refractivity contribution in [3.8, 4) is 5.75 Å². The third kappa shape index (κ3) is 4.66. The molecular formula is C25H23ClN2O2. The Hall–Kier alpha value is -3.24. The van der Waals surface area contributed by atoms with Gasteiger partial charge in [-0.1, -0.05) is 66.2 Å². The monoisotopic (exact) mass is 418 g/mol. The number of fused-ring (bicyclic) bond motifs is 1. The van der Waals surface area contributed by atoms with Crippen molar-refractivity contribution in [2.24, 2.45) is 0 Å². The van der Waals surface area contributed by atoms with Crippen molar-refractivity contribution >= 4 is 28.4 Å². The van der Waals surface area contributed by atoms with Crippen LogP contribution in [0.3, 0.4) is 0 Å². The second-order valence-electron chi connectivity index (χ2n) is 7.08. The predicted molar refractivity (Wildman–Crippen MR) is 121 cm³/mol. The number of aromatic amines is 1. The molecular weight excluding hydrogens is 396 g/mol. The summed E-state index contributed by atoms with van der Waals surface area (Å²) in [7, 11) is 0. The lowest BCUT2D eigenvalue weighted by Gasteiger charge is -2.19. The Bertz CT molecular complexity index is 1120. The Morgan fingerprint density at radius 2 is 1.67 bits per heavy atom. The molecule has 0 aliphatic rings. The summed E-state index contributed by atoms with van der Waals surface area (Å²) in [4.78, 5) is 15.8. The van der Waals surface area contributed by atoms with Crippen LogP contribution in [0.25, 0.3) is 10.9 Å². The van der Waals surface area contributed by atoms with Gasteiger partial charge in [0.05, 0.1) is 13.0 Å². The van der Waals surface area contributed by atoms with E-state index in [9.17, 15) is 4.79 Å². The summed E-state index contributed by atoms with van der Waals surface area (Å²) < 4.78 is 5.63. The van der Waals surface area contributed by atoms with Crippen molar-refractivity contribution < 1.29 is 9.53 Å². The lowest BCUT2D eigenvalue weighted by Crippen LogP contribution is -2.30. The first kappa shape index (κ1) is 20.0. The van der Waals surface area contributed by atoms with Gasteiger partial charge in [-0.3, -0.25) is 4.79 Å². The van der Waals surface area contributed by atoms with Crippen molar-refractivity contribution in [1.82, 2.24) is 10.3 Å². The number of amides is 1. The number of nitrogens with one attached hydrogen (secondary N) is 2. The third-order valence-corrected chi connectivity index (χ3v) is 5.47. The van der Waals surface area contributed by atoms with Gasteiger partial charge in [0.15, 0.2) is 0 Å². The molecule has 0 bridgehead atoms. The third-order valence-electron chi connectivity index (χ3n) is 5.12. The Morgan fingerprint density at radius 1 is 0.933 bits per heavy atom. The molecule has 0 aliphatic carbocycles. The number of halogens is 1. The minimum atomic E-state index is -0.0613. The maximum atomic E-state index is 12.5. The quantitative estimate of drug-likeness (QED) is 0.394. The van der Waals surface area contributed by atoms with Gasteiger partial charge in [-0.2, -0.15) is 0 Å². The molecule has 1 heterocycles. The number of hydrogen-bond acceptors (Lipinski definition) is 2. The van der Waals surface area contributed by atoms with Crippen LogP contribution >= 0.6 is 11.6 Å². The Kier molecular flexibility index (Phi) is 6.35. The molecule has 3 aromatic carbocycles. The van der Waals surface area contributed by atoms with E-state index >= 15 is 0 Å². The molecule has 1 atom stereocenters. The summed E-state index contributed by atoms with van der Waals surface area (Å²) in [5, 5.41) is 4.87. The average molecular weight is 419 g/mol. The minimum absolute atomic E-state index is 0.0529. The van der Waals surface area contributed by atoms with Crippen LogP contribution in [0.1, 0.15) is 23.5 Å². The number of carbonyl (C=O) groups excluding carboxylic acids is 1. The first-order valence-corrected chi connectivity index (χ1v) is 10.3. The molecule has 2 N–H and O–H groups in total. The summed E-state index contributed by atoms with van der Waals surface area (Å²) in [5.74, 6) is 0.648. The molecule has 5 heteroatoms. The van der Waals surface area contributed by atoms with Crippen LogP contribution in [0.15, 0.2) is 85.1 Å².